The largest absolute Gasteiger partial charge is 0.305 e. The van der Waals surface area contributed by atoms with Crippen LogP contribution in [0.4, 0.5) is 0 Å². The van der Waals surface area contributed by atoms with Crippen LogP contribution in [0.2, 0.25) is 0 Å². The summed E-state index contributed by atoms with van der Waals surface area (Å²) in [5.74, 6) is 0. The molecule has 1 aliphatic carbocycles. The number of hydrogen-bond acceptors (Lipinski definition) is 2. The van der Waals surface area contributed by atoms with Crippen LogP contribution in [0.3, 0.4) is 0 Å². The van der Waals surface area contributed by atoms with Crippen molar-refractivity contribution in [1.82, 2.24) is 9.97 Å². The summed E-state index contributed by atoms with van der Waals surface area (Å²) in [5.41, 5.74) is 12.0. The molecule has 0 unspecified atom stereocenters. The van der Waals surface area contributed by atoms with E-state index in [0.717, 1.165) is 22.5 Å². The molecule has 0 atom stereocenters. The van der Waals surface area contributed by atoms with E-state index in [1.54, 1.807) is 0 Å². The van der Waals surface area contributed by atoms with Gasteiger partial charge in [-0.2, -0.15) is 0 Å². The van der Waals surface area contributed by atoms with Crippen LogP contribution >= 0.6 is 0 Å². The van der Waals surface area contributed by atoms with Crippen LogP contribution in [0, 0.1) is 26.0 Å². The van der Waals surface area contributed by atoms with Gasteiger partial charge in [0.1, 0.15) is 0 Å². The topological polar surface area (TPSA) is 25.8 Å². The first-order valence-corrected chi connectivity index (χ1v) is 13.2. The van der Waals surface area contributed by atoms with E-state index in [1.807, 2.05) is 55.7 Å². The van der Waals surface area contributed by atoms with Crippen molar-refractivity contribution in [2.75, 3.05) is 0 Å². The van der Waals surface area contributed by atoms with Gasteiger partial charge < -0.3 is 9.97 Å². The summed E-state index contributed by atoms with van der Waals surface area (Å²) in [6.45, 7) is 13.5. The molecule has 0 saturated heterocycles. The standard InChI is InChI=1S/C24H24N.C12H10N.Ir/c1-16-12-13-25-22(14-16)17-10-11-21-19(15-17)18-8-6-7-9-20(18)23(2,3)24(21,4)5;1-10-7-8-12(13-9-10)11-5-3-2-4-6-11;/h6-9,11-15H,1-5H3;2-5,7-9H,1H3;/q2*-1;. The van der Waals surface area contributed by atoms with Crippen molar-refractivity contribution in [3.05, 3.63) is 132 Å². The maximum Gasteiger partial charge on any atom is 0.0190 e. The van der Waals surface area contributed by atoms with E-state index < -0.39 is 0 Å². The van der Waals surface area contributed by atoms with Crippen molar-refractivity contribution in [3.63, 3.8) is 0 Å². The van der Waals surface area contributed by atoms with Gasteiger partial charge in [0, 0.05) is 32.5 Å². The minimum absolute atomic E-state index is 0. The third-order valence-corrected chi connectivity index (χ3v) is 8.17. The quantitative estimate of drug-likeness (QED) is 0.173. The van der Waals surface area contributed by atoms with Crippen LogP contribution in [0.1, 0.15) is 49.9 Å². The summed E-state index contributed by atoms with van der Waals surface area (Å²) < 4.78 is 0. The number of fused-ring (bicyclic) bond motifs is 3. The van der Waals surface area contributed by atoms with Crippen LogP contribution in [0.5, 0.6) is 0 Å². The van der Waals surface area contributed by atoms with Gasteiger partial charge in [0.15, 0.2) is 0 Å². The number of aryl methyl sites for hydroxylation is 2. The average Bonchev–Trinajstić information content (AvgIpc) is 2.93. The van der Waals surface area contributed by atoms with Crippen LogP contribution in [-0.2, 0) is 30.9 Å². The fraction of sp³-hybridized carbons (Fsp3) is 0.222. The van der Waals surface area contributed by atoms with Crippen molar-refractivity contribution in [1.29, 1.82) is 0 Å². The Balaban J connectivity index is 0.000000213. The Morgan fingerprint density at radius 3 is 2.05 bits per heavy atom. The molecule has 0 bridgehead atoms. The summed E-state index contributed by atoms with van der Waals surface area (Å²) in [4.78, 5) is 8.87. The molecule has 6 rings (SSSR count). The monoisotopic (exact) mass is 687 g/mol. The van der Waals surface area contributed by atoms with Crippen LogP contribution in [0.25, 0.3) is 33.6 Å². The van der Waals surface area contributed by atoms with Crippen LogP contribution < -0.4 is 0 Å². The predicted molar refractivity (Wildman–Crippen MR) is 158 cm³/mol. The number of nitrogens with zero attached hydrogens (tertiary/aromatic N) is 2. The van der Waals surface area contributed by atoms with Gasteiger partial charge in [0.25, 0.3) is 0 Å². The second kappa shape index (κ2) is 11.4. The molecule has 0 fully saturated rings. The first-order chi connectivity index (χ1) is 18.2. The molecule has 0 saturated carbocycles. The van der Waals surface area contributed by atoms with E-state index in [4.69, 9.17) is 0 Å². The number of rotatable bonds is 2. The summed E-state index contributed by atoms with van der Waals surface area (Å²) in [6.07, 6.45) is 3.75. The molecule has 5 aromatic rings. The Kier molecular flexibility index (Phi) is 8.35. The zero-order valence-electron chi connectivity index (χ0n) is 23.5. The molecule has 2 aromatic heterocycles. The summed E-state index contributed by atoms with van der Waals surface area (Å²) in [5, 5.41) is 0. The summed E-state index contributed by atoms with van der Waals surface area (Å²) in [7, 11) is 0. The van der Waals surface area contributed by atoms with Crippen LogP contribution in [0.15, 0.2) is 97.3 Å². The molecule has 1 radical (unpaired) electrons. The van der Waals surface area contributed by atoms with Crippen LogP contribution in [-0.4, -0.2) is 9.97 Å². The maximum absolute atomic E-state index is 4.55. The SMILES string of the molecule is Cc1ccc(-c2[c-]cccc2)nc1.Cc1ccnc(-c2[c-]cc3c(c2)-c2ccccc2C(C)(C)C3(C)C)c1.[Ir]. The Hall–Kier alpha value is -3.39. The predicted octanol–water partition coefficient (Wildman–Crippen LogP) is 8.95. The van der Waals surface area contributed by atoms with Gasteiger partial charge in [-0.3, -0.25) is 0 Å². The molecular weight excluding hydrogens is 653 g/mol. The van der Waals surface area contributed by atoms with Gasteiger partial charge >= 0.3 is 0 Å². The molecule has 199 valence electrons. The first kappa shape index (κ1) is 28.6. The number of aromatic nitrogens is 2. The molecular formula is C36H34IrN2-2. The minimum atomic E-state index is 0. The number of benzene rings is 3. The Bertz CT molecular complexity index is 1570. The third kappa shape index (κ3) is 5.53. The molecule has 3 heteroatoms. The Morgan fingerprint density at radius 1 is 0.615 bits per heavy atom. The fourth-order valence-corrected chi connectivity index (χ4v) is 5.18. The molecule has 0 aliphatic heterocycles. The van der Waals surface area contributed by atoms with E-state index in [0.29, 0.717) is 0 Å². The van der Waals surface area contributed by atoms with E-state index in [1.165, 1.54) is 33.4 Å². The zero-order valence-corrected chi connectivity index (χ0v) is 25.9. The maximum atomic E-state index is 4.55. The molecule has 2 heterocycles. The molecule has 39 heavy (non-hydrogen) atoms. The van der Waals surface area contributed by atoms with Gasteiger partial charge in [0.2, 0.25) is 0 Å². The second-order valence-electron chi connectivity index (χ2n) is 11.2. The molecule has 3 aromatic carbocycles. The number of pyridine rings is 2. The van der Waals surface area contributed by atoms with E-state index >= 15 is 0 Å². The van der Waals surface area contributed by atoms with Crippen molar-refractivity contribution in [2.24, 2.45) is 0 Å². The molecule has 0 N–H and O–H groups in total. The summed E-state index contributed by atoms with van der Waals surface area (Å²) >= 11 is 0. The van der Waals surface area contributed by atoms with Crippen molar-refractivity contribution < 1.29 is 20.1 Å². The molecule has 0 spiro atoms. The first-order valence-electron chi connectivity index (χ1n) is 13.2. The van der Waals surface area contributed by atoms with Gasteiger partial charge in [-0.25, -0.2) is 0 Å². The van der Waals surface area contributed by atoms with Gasteiger partial charge in [-0.15, -0.1) is 65.2 Å². The Morgan fingerprint density at radius 2 is 1.36 bits per heavy atom. The van der Waals surface area contributed by atoms with Crippen molar-refractivity contribution in [2.45, 2.75) is 52.4 Å². The average molecular weight is 687 g/mol. The minimum Gasteiger partial charge on any atom is -0.305 e. The normalized spacial score (nSPS) is 14.1. The van der Waals surface area contributed by atoms with Crippen molar-refractivity contribution >= 4 is 0 Å². The van der Waals surface area contributed by atoms with E-state index in [-0.39, 0.29) is 30.9 Å². The van der Waals surface area contributed by atoms with Crippen molar-refractivity contribution in [3.8, 4) is 33.6 Å². The molecule has 0 amide bonds. The van der Waals surface area contributed by atoms with E-state index in [9.17, 15) is 0 Å². The van der Waals surface area contributed by atoms with Gasteiger partial charge in [-0.05, 0) is 58.8 Å². The number of hydrogen-bond donors (Lipinski definition) is 0. The second-order valence-corrected chi connectivity index (χ2v) is 11.2. The molecule has 2 nitrogen and oxygen atoms in total. The third-order valence-electron chi connectivity index (χ3n) is 8.17. The van der Waals surface area contributed by atoms with Gasteiger partial charge in [-0.1, -0.05) is 81.3 Å². The van der Waals surface area contributed by atoms with Gasteiger partial charge in [0.05, 0.1) is 0 Å². The smallest absolute Gasteiger partial charge is 0.0190 e. The van der Waals surface area contributed by atoms with E-state index in [2.05, 4.69) is 105 Å². The fourth-order valence-electron chi connectivity index (χ4n) is 5.18. The zero-order chi connectivity index (χ0) is 26.9. The summed E-state index contributed by atoms with van der Waals surface area (Å²) in [6, 6.07) is 36.0. The Labute approximate surface area is 246 Å². The molecule has 1 aliphatic rings.